The second-order valence-electron chi connectivity index (χ2n) is 3.05. The first-order valence-corrected chi connectivity index (χ1v) is 4.26. The molecule has 1 aromatic heterocycles. The summed E-state index contributed by atoms with van der Waals surface area (Å²) in [5.41, 5.74) is 2.36. The predicted octanol–water partition coefficient (Wildman–Crippen LogP) is 1.14. The summed E-state index contributed by atoms with van der Waals surface area (Å²) in [7, 11) is 0. The second-order valence-corrected chi connectivity index (χ2v) is 3.05. The van der Waals surface area contributed by atoms with Gasteiger partial charge >= 0.3 is 5.97 Å². The molecule has 0 saturated carbocycles. The third-order valence-electron chi connectivity index (χ3n) is 1.95. The summed E-state index contributed by atoms with van der Waals surface area (Å²) in [5, 5.41) is 19.0. The van der Waals surface area contributed by atoms with Gasteiger partial charge in [-0.2, -0.15) is 0 Å². The molecule has 0 unspecified atom stereocenters. The number of nitro groups is 1. The summed E-state index contributed by atoms with van der Waals surface area (Å²) in [5.74, 6) is -1.32. The minimum Gasteiger partial charge on any atom is -0.481 e. The van der Waals surface area contributed by atoms with E-state index in [1.807, 2.05) is 0 Å². The number of anilines is 1. The molecule has 0 atom stereocenters. The summed E-state index contributed by atoms with van der Waals surface area (Å²) >= 11 is 0. The summed E-state index contributed by atoms with van der Waals surface area (Å²) < 4.78 is 25.2. The number of nitrogens with zero attached hydrogens (tertiary/aromatic N) is 2. The zero-order chi connectivity index (χ0) is 13.2. The fraction of sp³-hybridized carbons (Fsp3) is 0.250. The van der Waals surface area contributed by atoms with E-state index in [-0.39, 0.29) is 5.69 Å². The van der Waals surface area contributed by atoms with Gasteiger partial charge in [-0.3, -0.25) is 19.9 Å². The van der Waals surface area contributed by atoms with E-state index in [4.69, 9.17) is 10.8 Å². The molecule has 0 aliphatic carbocycles. The van der Waals surface area contributed by atoms with E-state index < -0.39 is 40.7 Å². The van der Waals surface area contributed by atoms with Crippen molar-refractivity contribution in [3.8, 4) is 0 Å². The van der Waals surface area contributed by atoms with Crippen molar-refractivity contribution in [1.82, 2.24) is 4.98 Å². The number of carbonyl (C=O) groups is 1. The number of carboxylic acids is 1. The first-order valence-electron chi connectivity index (χ1n) is 4.26. The van der Waals surface area contributed by atoms with Crippen molar-refractivity contribution >= 4 is 17.3 Å². The van der Waals surface area contributed by atoms with Crippen LogP contribution in [0.3, 0.4) is 0 Å². The maximum atomic E-state index is 12.6. The van der Waals surface area contributed by atoms with Gasteiger partial charge in [0, 0.05) is 0 Å². The zero-order valence-electron chi connectivity index (χ0n) is 8.26. The number of halogens is 2. The van der Waals surface area contributed by atoms with E-state index in [0.717, 1.165) is 0 Å². The molecule has 1 heterocycles. The van der Waals surface area contributed by atoms with Crippen LogP contribution in [0.25, 0.3) is 0 Å². The average Bonchev–Trinajstić information content (AvgIpc) is 2.19. The van der Waals surface area contributed by atoms with Gasteiger partial charge in [-0.1, -0.05) is 0 Å². The molecule has 0 saturated heterocycles. The number of hydrogen-bond acceptors (Lipinski definition) is 5. The van der Waals surface area contributed by atoms with E-state index >= 15 is 0 Å². The number of hydrogen-bond donors (Lipinski definition) is 2. The van der Waals surface area contributed by atoms with Gasteiger partial charge in [0.25, 0.3) is 12.1 Å². The van der Waals surface area contributed by atoms with E-state index in [2.05, 4.69) is 4.98 Å². The molecule has 0 aliphatic rings. The Morgan fingerprint density at radius 3 is 2.65 bits per heavy atom. The molecule has 9 heteroatoms. The summed E-state index contributed by atoms with van der Waals surface area (Å²) in [6, 6.07) is 0. The Kier molecular flexibility index (Phi) is 3.51. The quantitative estimate of drug-likeness (QED) is 0.608. The Morgan fingerprint density at radius 2 is 2.24 bits per heavy atom. The molecule has 0 spiro atoms. The Labute approximate surface area is 93.0 Å². The van der Waals surface area contributed by atoms with Crippen LogP contribution >= 0.6 is 0 Å². The second kappa shape index (κ2) is 4.68. The van der Waals surface area contributed by atoms with Gasteiger partial charge < -0.3 is 10.8 Å². The Hall–Kier alpha value is -2.32. The van der Waals surface area contributed by atoms with Crippen molar-refractivity contribution in [2.45, 2.75) is 12.8 Å². The number of rotatable bonds is 4. The molecule has 0 radical (unpaired) electrons. The van der Waals surface area contributed by atoms with Crippen LogP contribution in [0.2, 0.25) is 0 Å². The molecule has 1 aromatic rings. The van der Waals surface area contributed by atoms with Gasteiger partial charge in [0.1, 0.15) is 11.8 Å². The minimum atomic E-state index is -3.18. The molecule has 92 valence electrons. The van der Waals surface area contributed by atoms with Crippen LogP contribution in [0.4, 0.5) is 20.2 Å². The molecule has 0 fully saturated rings. The highest BCUT2D eigenvalue weighted by Crippen LogP contribution is 2.34. The molecule has 0 aliphatic heterocycles. The summed E-state index contributed by atoms with van der Waals surface area (Å²) in [4.78, 5) is 23.2. The van der Waals surface area contributed by atoms with Crippen LogP contribution in [0.1, 0.15) is 17.7 Å². The van der Waals surface area contributed by atoms with E-state index in [1.54, 1.807) is 0 Å². The molecule has 0 amide bonds. The molecule has 1 rings (SSSR count). The van der Waals surface area contributed by atoms with Gasteiger partial charge in [0.15, 0.2) is 0 Å². The van der Waals surface area contributed by atoms with Crippen LogP contribution in [0.5, 0.6) is 0 Å². The highest BCUT2D eigenvalue weighted by Gasteiger charge is 2.27. The number of aliphatic carboxylic acids is 1. The molecule has 0 aromatic carbocycles. The summed E-state index contributed by atoms with van der Waals surface area (Å²) in [6.45, 7) is 0. The first-order chi connectivity index (χ1) is 7.84. The topological polar surface area (TPSA) is 119 Å². The van der Waals surface area contributed by atoms with Gasteiger partial charge in [0.05, 0.1) is 22.7 Å². The third-order valence-corrected chi connectivity index (χ3v) is 1.95. The smallest absolute Gasteiger partial charge is 0.309 e. The zero-order valence-corrected chi connectivity index (χ0v) is 8.26. The maximum Gasteiger partial charge on any atom is 0.309 e. The monoisotopic (exact) mass is 247 g/mol. The first kappa shape index (κ1) is 12.7. The van der Waals surface area contributed by atoms with Gasteiger partial charge in [-0.05, 0) is 0 Å². The molecule has 3 N–H and O–H groups in total. The number of nitrogen functional groups attached to an aromatic ring is 1. The lowest BCUT2D eigenvalue weighted by molar-refractivity contribution is -0.386. The normalized spacial score (nSPS) is 10.5. The van der Waals surface area contributed by atoms with E-state index in [9.17, 15) is 23.7 Å². The molecule has 17 heavy (non-hydrogen) atoms. The lowest BCUT2D eigenvalue weighted by atomic mass is 10.1. The molecule has 7 nitrogen and oxygen atoms in total. The molecular formula is C8H7F2N3O4. The third kappa shape index (κ3) is 2.62. The number of alkyl halides is 2. The van der Waals surface area contributed by atoms with Crippen LogP contribution in [0.15, 0.2) is 6.20 Å². The molecule has 0 bridgehead atoms. The van der Waals surface area contributed by atoms with Crippen LogP contribution in [0, 0.1) is 10.1 Å². The average molecular weight is 247 g/mol. The van der Waals surface area contributed by atoms with Crippen molar-refractivity contribution in [3.63, 3.8) is 0 Å². The number of aromatic nitrogens is 1. The van der Waals surface area contributed by atoms with Crippen molar-refractivity contribution in [1.29, 1.82) is 0 Å². The maximum absolute atomic E-state index is 12.6. The lowest BCUT2D eigenvalue weighted by Crippen LogP contribution is -2.10. The fourth-order valence-corrected chi connectivity index (χ4v) is 1.23. The van der Waals surface area contributed by atoms with Crippen LogP contribution in [-0.4, -0.2) is 21.0 Å². The predicted molar refractivity (Wildman–Crippen MR) is 51.6 cm³/mol. The van der Waals surface area contributed by atoms with Gasteiger partial charge in [-0.25, -0.2) is 8.78 Å². The lowest BCUT2D eigenvalue weighted by Gasteiger charge is -2.08. The number of carboxylic acid groups (broad SMARTS) is 1. The van der Waals surface area contributed by atoms with Crippen molar-refractivity contribution in [3.05, 3.63) is 27.6 Å². The standard InChI is InChI=1S/C8H7F2N3O4/c9-8(10)6-4(13(16)17)2-12-3(7(6)11)1-5(14)15/h2,8H,1,11H2,(H,14,15). The molecular weight excluding hydrogens is 240 g/mol. The Balaban J connectivity index is 3.38. The Morgan fingerprint density at radius 1 is 1.65 bits per heavy atom. The number of nitrogens with two attached hydrogens (primary N) is 1. The van der Waals surface area contributed by atoms with Crippen molar-refractivity contribution in [2.75, 3.05) is 5.73 Å². The van der Waals surface area contributed by atoms with Crippen LogP contribution in [-0.2, 0) is 11.2 Å². The van der Waals surface area contributed by atoms with Gasteiger partial charge in [-0.15, -0.1) is 0 Å². The van der Waals surface area contributed by atoms with Crippen LogP contribution < -0.4 is 5.73 Å². The highest BCUT2D eigenvalue weighted by atomic mass is 19.3. The van der Waals surface area contributed by atoms with E-state index in [0.29, 0.717) is 6.20 Å². The highest BCUT2D eigenvalue weighted by molar-refractivity contribution is 5.73. The van der Waals surface area contributed by atoms with Crippen molar-refractivity contribution in [2.24, 2.45) is 0 Å². The minimum absolute atomic E-state index is 0.321. The SMILES string of the molecule is Nc1c(CC(=O)O)ncc([N+](=O)[O-])c1C(F)F. The van der Waals surface area contributed by atoms with Crippen molar-refractivity contribution < 1.29 is 23.6 Å². The van der Waals surface area contributed by atoms with Gasteiger partial charge in [0.2, 0.25) is 0 Å². The van der Waals surface area contributed by atoms with E-state index in [1.165, 1.54) is 0 Å². The largest absolute Gasteiger partial charge is 0.481 e. The Bertz CT molecular complexity index is 478. The fourth-order valence-electron chi connectivity index (χ4n) is 1.23. The number of pyridine rings is 1. The summed E-state index contributed by atoms with van der Waals surface area (Å²) in [6.07, 6.45) is -3.27.